The van der Waals surface area contributed by atoms with E-state index in [1.807, 2.05) is 27.0 Å². The van der Waals surface area contributed by atoms with Crippen molar-refractivity contribution in [1.29, 1.82) is 0 Å². The minimum Gasteiger partial charge on any atom is -0.310 e. The molecule has 0 radical (unpaired) electrons. The molecule has 124 valence electrons. The molecule has 23 heavy (non-hydrogen) atoms. The summed E-state index contributed by atoms with van der Waals surface area (Å²) < 4.78 is 1.69. The molecule has 3 heterocycles. The largest absolute Gasteiger partial charge is 0.310 e. The second-order valence-corrected chi connectivity index (χ2v) is 6.39. The molecule has 0 saturated carbocycles. The zero-order chi connectivity index (χ0) is 16.4. The van der Waals surface area contributed by atoms with E-state index < -0.39 is 0 Å². The number of H-pyrrole nitrogens is 1. The van der Waals surface area contributed by atoms with Gasteiger partial charge < -0.3 is 5.32 Å². The Morgan fingerprint density at radius 3 is 2.91 bits per heavy atom. The van der Waals surface area contributed by atoms with Crippen LogP contribution in [0.25, 0.3) is 0 Å². The highest BCUT2D eigenvalue weighted by atomic mass is 16.2. The number of rotatable bonds is 4. The molecule has 3 rings (SSSR count). The molecule has 0 spiro atoms. The lowest BCUT2D eigenvalue weighted by molar-refractivity contribution is -0.117. The Kier molecular flexibility index (Phi) is 4.47. The summed E-state index contributed by atoms with van der Waals surface area (Å²) in [5.41, 5.74) is 3.09. The fraction of sp³-hybridized carbons (Fsp3) is 0.562. The highest BCUT2D eigenvalue weighted by molar-refractivity contribution is 5.91. The van der Waals surface area contributed by atoms with Crippen LogP contribution in [0.4, 0.5) is 5.82 Å². The van der Waals surface area contributed by atoms with Gasteiger partial charge in [0.2, 0.25) is 5.91 Å². The zero-order valence-electron chi connectivity index (χ0n) is 14.0. The second-order valence-electron chi connectivity index (χ2n) is 6.39. The van der Waals surface area contributed by atoms with E-state index in [0.29, 0.717) is 12.5 Å². The van der Waals surface area contributed by atoms with Gasteiger partial charge in [0.15, 0.2) is 0 Å². The van der Waals surface area contributed by atoms with Crippen LogP contribution in [0.5, 0.6) is 0 Å². The van der Waals surface area contributed by atoms with Crippen LogP contribution in [0.2, 0.25) is 0 Å². The Morgan fingerprint density at radius 1 is 1.43 bits per heavy atom. The number of carbonyl (C=O) groups is 1. The number of hydrogen-bond acceptors (Lipinski definition) is 4. The van der Waals surface area contributed by atoms with Gasteiger partial charge in [0.05, 0.1) is 17.9 Å². The molecule has 0 unspecified atom stereocenters. The molecule has 7 nitrogen and oxygen atoms in total. The minimum atomic E-state index is 0.00635. The van der Waals surface area contributed by atoms with E-state index in [9.17, 15) is 4.79 Å². The Labute approximate surface area is 136 Å². The Hall–Kier alpha value is -2.15. The van der Waals surface area contributed by atoms with Gasteiger partial charge in [0.25, 0.3) is 0 Å². The van der Waals surface area contributed by atoms with Crippen LogP contribution in [0, 0.1) is 13.8 Å². The van der Waals surface area contributed by atoms with Gasteiger partial charge in [-0.1, -0.05) is 0 Å². The standard InChI is InChI=1S/C16H24N6O/c1-11-7-14(19-18-11)13-5-4-6-22(9-13)10-16(23)17-15-8-12(2)20-21(15)3/h7-8,13H,4-6,9-10H2,1-3H3,(H,17,23)(H,18,19)/t13-/m0/s1. The van der Waals surface area contributed by atoms with Crippen LogP contribution >= 0.6 is 0 Å². The van der Waals surface area contributed by atoms with Crippen LogP contribution in [0.3, 0.4) is 0 Å². The zero-order valence-corrected chi connectivity index (χ0v) is 14.0. The van der Waals surface area contributed by atoms with Crippen LogP contribution in [0.15, 0.2) is 12.1 Å². The highest BCUT2D eigenvalue weighted by Crippen LogP contribution is 2.25. The molecular formula is C16H24N6O. The van der Waals surface area contributed by atoms with Crippen LogP contribution in [-0.2, 0) is 11.8 Å². The summed E-state index contributed by atoms with van der Waals surface area (Å²) >= 11 is 0. The lowest BCUT2D eigenvalue weighted by Crippen LogP contribution is -2.40. The molecule has 1 amide bonds. The van der Waals surface area contributed by atoms with Gasteiger partial charge in [-0.2, -0.15) is 10.2 Å². The molecule has 2 aromatic heterocycles. The van der Waals surface area contributed by atoms with Crippen molar-refractivity contribution < 1.29 is 4.79 Å². The Balaban J connectivity index is 1.57. The summed E-state index contributed by atoms with van der Waals surface area (Å²) in [4.78, 5) is 14.5. The Morgan fingerprint density at radius 2 is 2.26 bits per heavy atom. The molecule has 1 aliphatic heterocycles. The van der Waals surface area contributed by atoms with Crippen molar-refractivity contribution in [3.8, 4) is 0 Å². The summed E-state index contributed by atoms with van der Waals surface area (Å²) in [6.45, 7) is 6.17. The van der Waals surface area contributed by atoms with E-state index >= 15 is 0 Å². The lowest BCUT2D eigenvalue weighted by Gasteiger charge is -2.31. The van der Waals surface area contributed by atoms with Crippen LogP contribution < -0.4 is 5.32 Å². The van der Waals surface area contributed by atoms with Crippen molar-refractivity contribution in [3.63, 3.8) is 0 Å². The average Bonchev–Trinajstić information content (AvgIpc) is 3.05. The molecule has 1 aliphatic rings. The van der Waals surface area contributed by atoms with Gasteiger partial charge in [-0.3, -0.25) is 19.5 Å². The summed E-state index contributed by atoms with van der Waals surface area (Å²) in [6, 6.07) is 3.98. The minimum absolute atomic E-state index is 0.00635. The van der Waals surface area contributed by atoms with Crippen molar-refractivity contribution in [2.45, 2.75) is 32.6 Å². The molecule has 0 aromatic carbocycles. The molecule has 2 N–H and O–H groups in total. The summed E-state index contributed by atoms with van der Waals surface area (Å²) in [5, 5.41) is 14.6. The predicted octanol–water partition coefficient (Wildman–Crippen LogP) is 1.58. The second kappa shape index (κ2) is 6.54. The van der Waals surface area contributed by atoms with Gasteiger partial charge >= 0.3 is 0 Å². The van der Waals surface area contributed by atoms with E-state index in [-0.39, 0.29) is 5.91 Å². The monoisotopic (exact) mass is 316 g/mol. The molecular weight excluding hydrogens is 292 g/mol. The fourth-order valence-corrected chi connectivity index (χ4v) is 3.20. The van der Waals surface area contributed by atoms with Crippen LogP contribution in [0.1, 0.15) is 35.8 Å². The number of anilines is 1. The van der Waals surface area contributed by atoms with E-state index in [2.05, 4.69) is 31.6 Å². The number of nitrogens with one attached hydrogen (secondary N) is 2. The first-order valence-corrected chi connectivity index (χ1v) is 8.06. The molecule has 7 heteroatoms. The number of hydrogen-bond donors (Lipinski definition) is 2. The first-order chi connectivity index (χ1) is 11.0. The molecule has 1 saturated heterocycles. The summed E-state index contributed by atoms with van der Waals surface area (Å²) in [5.74, 6) is 1.15. The lowest BCUT2D eigenvalue weighted by atomic mass is 9.94. The molecule has 0 bridgehead atoms. The van der Waals surface area contributed by atoms with Crippen molar-refractivity contribution in [1.82, 2.24) is 24.9 Å². The third kappa shape index (κ3) is 3.79. The van der Waals surface area contributed by atoms with E-state index in [0.717, 1.165) is 48.8 Å². The summed E-state index contributed by atoms with van der Waals surface area (Å²) in [7, 11) is 1.83. The number of aromatic nitrogens is 4. The third-order valence-corrected chi connectivity index (χ3v) is 4.29. The normalized spacial score (nSPS) is 19.0. The van der Waals surface area contributed by atoms with Crippen molar-refractivity contribution >= 4 is 11.7 Å². The van der Waals surface area contributed by atoms with Gasteiger partial charge in [0, 0.05) is 31.3 Å². The van der Waals surface area contributed by atoms with Gasteiger partial charge in [0.1, 0.15) is 5.82 Å². The number of aryl methyl sites for hydroxylation is 3. The quantitative estimate of drug-likeness (QED) is 0.897. The van der Waals surface area contributed by atoms with E-state index in [1.165, 1.54) is 0 Å². The van der Waals surface area contributed by atoms with E-state index in [1.54, 1.807) is 4.68 Å². The number of carbonyl (C=O) groups excluding carboxylic acids is 1. The topological polar surface area (TPSA) is 78.8 Å². The smallest absolute Gasteiger partial charge is 0.239 e. The van der Waals surface area contributed by atoms with Gasteiger partial charge in [-0.05, 0) is 39.3 Å². The maximum atomic E-state index is 12.3. The first-order valence-electron chi connectivity index (χ1n) is 8.06. The van der Waals surface area contributed by atoms with Crippen molar-refractivity contribution in [3.05, 3.63) is 29.2 Å². The maximum absolute atomic E-state index is 12.3. The summed E-state index contributed by atoms with van der Waals surface area (Å²) in [6.07, 6.45) is 2.22. The molecule has 0 aliphatic carbocycles. The number of aromatic amines is 1. The van der Waals surface area contributed by atoms with E-state index in [4.69, 9.17) is 0 Å². The maximum Gasteiger partial charge on any atom is 0.239 e. The SMILES string of the molecule is Cc1cc(NC(=O)CN2CCC[C@H](c3cc(C)[nH]n3)C2)n(C)n1. The van der Waals surface area contributed by atoms with Gasteiger partial charge in [-0.25, -0.2) is 0 Å². The Bertz CT molecular complexity index is 689. The average molecular weight is 316 g/mol. The van der Waals surface area contributed by atoms with Crippen LogP contribution in [-0.4, -0.2) is 50.4 Å². The van der Waals surface area contributed by atoms with Gasteiger partial charge in [-0.15, -0.1) is 0 Å². The highest BCUT2D eigenvalue weighted by Gasteiger charge is 2.24. The number of likely N-dealkylation sites (tertiary alicyclic amines) is 1. The molecule has 1 fully saturated rings. The number of piperidine rings is 1. The fourth-order valence-electron chi connectivity index (χ4n) is 3.20. The third-order valence-electron chi connectivity index (χ3n) is 4.29. The first kappa shape index (κ1) is 15.7. The van der Waals surface area contributed by atoms with Crippen molar-refractivity contribution in [2.24, 2.45) is 7.05 Å². The molecule has 2 aromatic rings. The molecule has 1 atom stereocenters. The van der Waals surface area contributed by atoms with Crippen molar-refractivity contribution in [2.75, 3.05) is 25.0 Å². The number of amides is 1. The number of nitrogens with zero attached hydrogens (tertiary/aromatic N) is 4. The predicted molar refractivity (Wildman–Crippen MR) is 88.3 cm³/mol.